The standard InChI is InChI=1S/C12H19N3O2/c1-7(2)9(17-3)11-14-10-8(12(16)15-11)5-4-6-13-10/h7,9H,4-6H2,1-3H3,(H2,13,14,15,16). The molecule has 1 unspecified atom stereocenters. The number of fused-ring (bicyclic) bond motifs is 1. The molecule has 1 aromatic rings. The molecule has 1 aliphatic rings. The third kappa shape index (κ3) is 2.34. The first kappa shape index (κ1) is 12.1. The zero-order chi connectivity index (χ0) is 12.4. The van der Waals surface area contributed by atoms with Crippen LogP contribution >= 0.6 is 0 Å². The zero-order valence-electron chi connectivity index (χ0n) is 10.5. The van der Waals surface area contributed by atoms with E-state index in [1.165, 1.54) is 0 Å². The Hall–Kier alpha value is -1.36. The van der Waals surface area contributed by atoms with Gasteiger partial charge in [0.2, 0.25) is 0 Å². The van der Waals surface area contributed by atoms with Gasteiger partial charge in [0.15, 0.2) is 0 Å². The maximum Gasteiger partial charge on any atom is 0.256 e. The van der Waals surface area contributed by atoms with Crippen molar-refractivity contribution in [1.82, 2.24) is 9.97 Å². The Morgan fingerprint density at radius 1 is 1.41 bits per heavy atom. The van der Waals surface area contributed by atoms with Crippen LogP contribution in [0.3, 0.4) is 0 Å². The van der Waals surface area contributed by atoms with Crippen molar-refractivity contribution >= 4 is 5.82 Å². The van der Waals surface area contributed by atoms with Gasteiger partial charge in [-0.05, 0) is 18.8 Å². The van der Waals surface area contributed by atoms with Crippen LogP contribution in [0.15, 0.2) is 4.79 Å². The van der Waals surface area contributed by atoms with Crippen LogP contribution in [0.2, 0.25) is 0 Å². The minimum absolute atomic E-state index is 0.0418. The molecule has 2 heterocycles. The molecule has 2 rings (SSSR count). The van der Waals surface area contributed by atoms with E-state index in [4.69, 9.17) is 4.74 Å². The third-order valence-corrected chi connectivity index (χ3v) is 3.06. The van der Waals surface area contributed by atoms with Gasteiger partial charge in [0.1, 0.15) is 17.7 Å². The summed E-state index contributed by atoms with van der Waals surface area (Å²) in [6.45, 7) is 4.96. The van der Waals surface area contributed by atoms with Gasteiger partial charge in [-0.15, -0.1) is 0 Å². The normalized spacial score (nSPS) is 16.5. The average Bonchev–Trinajstić information content (AvgIpc) is 2.29. The molecule has 5 nitrogen and oxygen atoms in total. The summed E-state index contributed by atoms with van der Waals surface area (Å²) in [5, 5.41) is 3.18. The second kappa shape index (κ2) is 4.87. The number of methoxy groups -OCH3 is 1. The van der Waals surface area contributed by atoms with Crippen molar-refractivity contribution in [2.75, 3.05) is 19.0 Å². The number of nitrogens with one attached hydrogen (secondary N) is 2. The number of aromatic amines is 1. The molecule has 1 aliphatic heterocycles. The molecule has 17 heavy (non-hydrogen) atoms. The summed E-state index contributed by atoms with van der Waals surface area (Å²) < 4.78 is 5.38. The van der Waals surface area contributed by atoms with Crippen molar-refractivity contribution in [3.05, 3.63) is 21.7 Å². The van der Waals surface area contributed by atoms with Crippen molar-refractivity contribution < 1.29 is 4.74 Å². The maximum absolute atomic E-state index is 11.9. The van der Waals surface area contributed by atoms with Crippen molar-refractivity contribution in [2.45, 2.75) is 32.8 Å². The molecular formula is C12H19N3O2. The van der Waals surface area contributed by atoms with Crippen LogP contribution in [0, 0.1) is 5.92 Å². The van der Waals surface area contributed by atoms with Gasteiger partial charge < -0.3 is 15.0 Å². The van der Waals surface area contributed by atoms with Gasteiger partial charge in [-0.2, -0.15) is 0 Å². The number of H-pyrrole nitrogens is 1. The molecule has 94 valence electrons. The van der Waals surface area contributed by atoms with Crippen LogP contribution in [0.25, 0.3) is 0 Å². The summed E-state index contributed by atoms with van der Waals surface area (Å²) in [4.78, 5) is 19.2. The molecule has 1 atom stereocenters. The lowest BCUT2D eigenvalue weighted by Crippen LogP contribution is -2.27. The fraction of sp³-hybridized carbons (Fsp3) is 0.667. The van der Waals surface area contributed by atoms with Gasteiger partial charge in [-0.1, -0.05) is 13.8 Å². The number of aromatic nitrogens is 2. The Morgan fingerprint density at radius 3 is 2.82 bits per heavy atom. The number of anilines is 1. The summed E-state index contributed by atoms with van der Waals surface area (Å²) in [5.41, 5.74) is 0.721. The average molecular weight is 237 g/mol. The molecule has 0 fully saturated rings. The predicted octanol–water partition coefficient (Wildman–Crippen LogP) is 1.47. The third-order valence-electron chi connectivity index (χ3n) is 3.06. The van der Waals surface area contributed by atoms with E-state index in [2.05, 4.69) is 15.3 Å². The van der Waals surface area contributed by atoms with Gasteiger partial charge in [0.05, 0.1) is 5.56 Å². The number of rotatable bonds is 3. The number of ether oxygens (including phenoxy) is 1. The molecule has 5 heteroatoms. The van der Waals surface area contributed by atoms with Crippen LogP contribution in [0.5, 0.6) is 0 Å². The van der Waals surface area contributed by atoms with E-state index in [0.717, 1.165) is 30.8 Å². The number of hydrogen-bond acceptors (Lipinski definition) is 4. The molecule has 2 N–H and O–H groups in total. The Morgan fingerprint density at radius 2 is 2.18 bits per heavy atom. The van der Waals surface area contributed by atoms with E-state index in [9.17, 15) is 4.79 Å². The van der Waals surface area contributed by atoms with Crippen molar-refractivity contribution in [2.24, 2.45) is 5.92 Å². The highest BCUT2D eigenvalue weighted by atomic mass is 16.5. The summed E-state index contributed by atoms with van der Waals surface area (Å²) in [6.07, 6.45) is 1.61. The van der Waals surface area contributed by atoms with Crippen LogP contribution in [-0.4, -0.2) is 23.6 Å². The molecule has 0 amide bonds. The fourth-order valence-electron chi connectivity index (χ4n) is 2.20. The molecule has 0 radical (unpaired) electrons. The summed E-state index contributed by atoms with van der Waals surface area (Å²) in [5.74, 6) is 1.60. The van der Waals surface area contributed by atoms with Crippen LogP contribution in [0.1, 0.15) is 37.8 Å². The minimum Gasteiger partial charge on any atom is -0.373 e. The SMILES string of the molecule is COC(c1nc2c(c(=O)[nH]1)CCCN2)C(C)C. The van der Waals surface area contributed by atoms with Crippen LogP contribution < -0.4 is 10.9 Å². The van der Waals surface area contributed by atoms with E-state index in [1.54, 1.807) is 7.11 Å². The monoisotopic (exact) mass is 237 g/mol. The number of hydrogen-bond donors (Lipinski definition) is 2. The first-order valence-corrected chi connectivity index (χ1v) is 6.03. The first-order valence-electron chi connectivity index (χ1n) is 6.03. The Labute approximate surface area is 101 Å². The van der Waals surface area contributed by atoms with Gasteiger partial charge >= 0.3 is 0 Å². The van der Waals surface area contributed by atoms with Gasteiger partial charge in [-0.25, -0.2) is 4.98 Å². The predicted molar refractivity (Wildman–Crippen MR) is 66.3 cm³/mol. The largest absolute Gasteiger partial charge is 0.373 e. The number of nitrogens with zero attached hydrogens (tertiary/aromatic N) is 1. The lowest BCUT2D eigenvalue weighted by atomic mass is 10.1. The van der Waals surface area contributed by atoms with Gasteiger partial charge in [0.25, 0.3) is 5.56 Å². The molecule has 0 aliphatic carbocycles. The summed E-state index contributed by atoms with van der Waals surface area (Å²) in [6, 6.07) is 0. The zero-order valence-corrected chi connectivity index (χ0v) is 10.5. The molecular weight excluding hydrogens is 218 g/mol. The maximum atomic E-state index is 11.9. The van der Waals surface area contributed by atoms with Crippen molar-refractivity contribution in [3.8, 4) is 0 Å². The first-order chi connectivity index (χ1) is 8.13. The smallest absolute Gasteiger partial charge is 0.256 e. The van der Waals surface area contributed by atoms with E-state index < -0.39 is 0 Å². The van der Waals surface area contributed by atoms with Crippen LogP contribution in [0.4, 0.5) is 5.82 Å². The highest BCUT2D eigenvalue weighted by Gasteiger charge is 2.21. The second-order valence-corrected chi connectivity index (χ2v) is 4.71. The quantitative estimate of drug-likeness (QED) is 0.835. The van der Waals surface area contributed by atoms with Crippen molar-refractivity contribution in [3.63, 3.8) is 0 Å². The summed E-state index contributed by atoms with van der Waals surface area (Å²) >= 11 is 0. The van der Waals surface area contributed by atoms with E-state index >= 15 is 0 Å². The minimum atomic E-state index is -0.170. The highest BCUT2D eigenvalue weighted by Crippen LogP contribution is 2.24. The topological polar surface area (TPSA) is 67.0 Å². The molecule has 0 aromatic carbocycles. The van der Waals surface area contributed by atoms with Gasteiger partial charge in [-0.3, -0.25) is 4.79 Å². The Bertz CT molecular complexity index is 454. The van der Waals surface area contributed by atoms with Gasteiger partial charge in [0, 0.05) is 13.7 Å². The molecule has 1 aromatic heterocycles. The van der Waals surface area contributed by atoms with Crippen LogP contribution in [-0.2, 0) is 11.2 Å². The Kier molecular flexibility index (Phi) is 3.47. The summed E-state index contributed by atoms with van der Waals surface area (Å²) in [7, 11) is 1.64. The molecule has 0 saturated carbocycles. The molecule has 0 saturated heterocycles. The highest BCUT2D eigenvalue weighted by molar-refractivity contribution is 5.45. The Balaban J connectivity index is 2.43. The lowest BCUT2D eigenvalue weighted by Gasteiger charge is -2.21. The lowest BCUT2D eigenvalue weighted by molar-refractivity contribution is 0.0573. The molecule has 0 spiro atoms. The second-order valence-electron chi connectivity index (χ2n) is 4.71. The van der Waals surface area contributed by atoms with E-state index in [1.807, 2.05) is 13.8 Å². The van der Waals surface area contributed by atoms with E-state index in [0.29, 0.717) is 5.82 Å². The fourth-order valence-corrected chi connectivity index (χ4v) is 2.20. The van der Waals surface area contributed by atoms with Crippen molar-refractivity contribution in [1.29, 1.82) is 0 Å². The molecule has 0 bridgehead atoms. The van der Waals surface area contributed by atoms with E-state index in [-0.39, 0.29) is 17.6 Å².